The Morgan fingerprint density at radius 3 is 2.89 bits per heavy atom. The van der Waals surface area contributed by atoms with Crippen LogP contribution in [0.15, 0.2) is 12.1 Å². The molecule has 0 saturated carbocycles. The van der Waals surface area contributed by atoms with Gasteiger partial charge >= 0.3 is 0 Å². The average molecular weight is 249 g/mol. The van der Waals surface area contributed by atoms with Gasteiger partial charge in [0.25, 0.3) is 0 Å². The van der Waals surface area contributed by atoms with Crippen LogP contribution in [-0.2, 0) is 0 Å². The Bertz CT molecular complexity index is 406. The minimum Gasteiger partial charge on any atom is -0.396 e. The fraction of sp³-hybridized carbons (Fsp3) is 0.615. The Morgan fingerprint density at radius 2 is 2.22 bits per heavy atom. The quantitative estimate of drug-likeness (QED) is 0.838. The molecule has 2 heterocycles. The highest BCUT2D eigenvalue weighted by atomic mass is 15.2. The van der Waals surface area contributed by atoms with Crippen molar-refractivity contribution in [1.29, 1.82) is 0 Å². The number of rotatable bonds is 4. The zero-order valence-electron chi connectivity index (χ0n) is 11.3. The summed E-state index contributed by atoms with van der Waals surface area (Å²) in [6.45, 7) is 5.55. The molecule has 0 spiro atoms. The molecule has 1 saturated heterocycles. The van der Waals surface area contributed by atoms with Crippen LogP contribution in [0.2, 0.25) is 0 Å². The maximum atomic E-state index is 5.75. The third kappa shape index (κ3) is 2.67. The third-order valence-corrected chi connectivity index (χ3v) is 3.72. The van der Waals surface area contributed by atoms with Gasteiger partial charge in [-0.2, -0.15) is 0 Å². The average Bonchev–Trinajstić information content (AvgIpc) is 2.79. The van der Waals surface area contributed by atoms with Crippen LogP contribution < -0.4 is 16.4 Å². The number of nitrogen functional groups attached to an aromatic ring is 2. The number of likely N-dealkylation sites (N-methyl/N-ethyl adjacent to an activating group) is 2. The molecule has 1 aliphatic heterocycles. The fourth-order valence-corrected chi connectivity index (χ4v) is 2.62. The molecule has 1 aromatic rings. The highest BCUT2D eigenvalue weighted by Crippen LogP contribution is 2.21. The van der Waals surface area contributed by atoms with Crippen LogP contribution in [0.25, 0.3) is 0 Å². The molecule has 0 bridgehead atoms. The number of hydrogen-bond donors (Lipinski definition) is 2. The molecule has 1 atom stereocenters. The summed E-state index contributed by atoms with van der Waals surface area (Å²) in [6, 6.07) is 4.37. The lowest BCUT2D eigenvalue weighted by Crippen LogP contribution is -2.39. The van der Waals surface area contributed by atoms with Crippen molar-refractivity contribution in [1.82, 2.24) is 9.88 Å². The molecule has 0 aromatic carbocycles. The van der Waals surface area contributed by atoms with Crippen LogP contribution in [0, 0.1) is 0 Å². The molecule has 18 heavy (non-hydrogen) atoms. The van der Waals surface area contributed by atoms with Crippen LogP contribution in [-0.4, -0.2) is 42.6 Å². The first-order chi connectivity index (χ1) is 8.61. The summed E-state index contributed by atoms with van der Waals surface area (Å²) in [5, 5.41) is 0. The van der Waals surface area contributed by atoms with Crippen LogP contribution in [0.5, 0.6) is 0 Å². The lowest BCUT2D eigenvalue weighted by molar-refractivity contribution is 0.270. The molecule has 1 aliphatic rings. The zero-order chi connectivity index (χ0) is 13.1. The Labute approximate surface area is 109 Å². The second kappa shape index (κ2) is 5.44. The molecule has 2 rings (SSSR count). The molecular formula is C13H23N5. The molecule has 1 unspecified atom stereocenters. The molecule has 4 N–H and O–H groups in total. The second-order valence-electron chi connectivity index (χ2n) is 4.95. The molecule has 0 aliphatic carbocycles. The Morgan fingerprint density at radius 1 is 1.44 bits per heavy atom. The minimum atomic E-state index is 0.415. The summed E-state index contributed by atoms with van der Waals surface area (Å²) in [4.78, 5) is 9.01. The van der Waals surface area contributed by atoms with Crippen molar-refractivity contribution in [3.05, 3.63) is 12.1 Å². The van der Waals surface area contributed by atoms with E-state index in [9.17, 15) is 0 Å². The standard InChI is InChI=1S/C13H23N5/c1-3-18-8-4-5-10(18)9-17(2)12-7-6-11(14)13(15)16-12/h6-7,10H,3-5,8-9,14H2,1-2H3,(H2,15,16). The van der Waals surface area contributed by atoms with Crippen LogP contribution in [0.1, 0.15) is 19.8 Å². The molecule has 100 valence electrons. The van der Waals surface area contributed by atoms with Crippen molar-refractivity contribution >= 4 is 17.3 Å². The number of nitrogens with two attached hydrogens (primary N) is 2. The first-order valence-corrected chi connectivity index (χ1v) is 6.59. The molecule has 0 radical (unpaired) electrons. The van der Waals surface area contributed by atoms with E-state index in [2.05, 4.69) is 28.8 Å². The summed E-state index contributed by atoms with van der Waals surface area (Å²) in [6.07, 6.45) is 2.56. The summed E-state index contributed by atoms with van der Waals surface area (Å²) >= 11 is 0. The van der Waals surface area contributed by atoms with Crippen molar-refractivity contribution in [3.8, 4) is 0 Å². The topological polar surface area (TPSA) is 71.4 Å². The zero-order valence-corrected chi connectivity index (χ0v) is 11.3. The normalized spacial score (nSPS) is 20.2. The molecular weight excluding hydrogens is 226 g/mol. The van der Waals surface area contributed by atoms with Crippen molar-refractivity contribution in [2.75, 3.05) is 43.0 Å². The first kappa shape index (κ1) is 13.0. The van der Waals surface area contributed by atoms with Gasteiger partial charge in [0.15, 0.2) is 0 Å². The largest absolute Gasteiger partial charge is 0.396 e. The van der Waals surface area contributed by atoms with E-state index in [1.165, 1.54) is 19.4 Å². The summed E-state index contributed by atoms with van der Waals surface area (Å²) in [5.41, 5.74) is 12.0. The number of hydrogen-bond acceptors (Lipinski definition) is 5. The summed E-state index contributed by atoms with van der Waals surface area (Å²) in [5.74, 6) is 1.31. The van der Waals surface area contributed by atoms with Gasteiger partial charge in [0.2, 0.25) is 0 Å². The van der Waals surface area contributed by atoms with Crippen LogP contribution in [0.4, 0.5) is 17.3 Å². The second-order valence-corrected chi connectivity index (χ2v) is 4.95. The van der Waals surface area contributed by atoms with Crippen molar-refractivity contribution < 1.29 is 0 Å². The lowest BCUT2D eigenvalue weighted by atomic mass is 10.2. The Hall–Kier alpha value is -1.49. The van der Waals surface area contributed by atoms with Crippen molar-refractivity contribution in [2.45, 2.75) is 25.8 Å². The van der Waals surface area contributed by atoms with Gasteiger partial charge in [-0.1, -0.05) is 6.92 Å². The lowest BCUT2D eigenvalue weighted by Gasteiger charge is -2.28. The van der Waals surface area contributed by atoms with Crippen molar-refractivity contribution in [3.63, 3.8) is 0 Å². The summed E-state index contributed by atoms with van der Waals surface area (Å²) < 4.78 is 0. The highest BCUT2D eigenvalue weighted by molar-refractivity contribution is 5.62. The monoisotopic (exact) mass is 249 g/mol. The van der Waals surface area contributed by atoms with Crippen LogP contribution in [0.3, 0.4) is 0 Å². The predicted octanol–water partition coefficient (Wildman–Crippen LogP) is 1.17. The number of anilines is 3. The maximum Gasteiger partial charge on any atom is 0.149 e. The Balaban J connectivity index is 2.02. The fourth-order valence-electron chi connectivity index (χ4n) is 2.62. The van der Waals surface area contributed by atoms with Crippen LogP contribution >= 0.6 is 0 Å². The van der Waals surface area contributed by atoms with Gasteiger partial charge in [0.1, 0.15) is 11.6 Å². The van der Waals surface area contributed by atoms with E-state index in [0.717, 1.165) is 18.9 Å². The number of nitrogens with zero attached hydrogens (tertiary/aromatic N) is 3. The van der Waals surface area contributed by atoms with Gasteiger partial charge in [0, 0.05) is 19.6 Å². The number of likely N-dealkylation sites (tertiary alicyclic amines) is 1. The van der Waals surface area contributed by atoms with E-state index >= 15 is 0 Å². The molecule has 5 nitrogen and oxygen atoms in total. The smallest absolute Gasteiger partial charge is 0.149 e. The minimum absolute atomic E-state index is 0.415. The maximum absolute atomic E-state index is 5.75. The van der Waals surface area contributed by atoms with Gasteiger partial charge in [-0.3, -0.25) is 4.90 Å². The molecule has 1 fully saturated rings. The number of pyridine rings is 1. The van der Waals surface area contributed by atoms with E-state index in [1.54, 1.807) is 0 Å². The van der Waals surface area contributed by atoms with E-state index < -0.39 is 0 Å². The predicted molar refractivity (Wildman–Crippen MR) is 76.6 cm³/mol. The van der Waals surface area contributed by atoms with Gasteiger partial charge in [0.05, 0.1) is 5.69 Å². The van der Waals surface area contributed by atoms with Gasteiger partial charge in [-0.15, -0.1) is 0 Å². The van der Waals surface area contributed by atoms with E-state index in [0.29, 0.717) is 17.5 Å². The van der Waals surface area contributed by atoms with E-state index in [-0.39, 0.29) is 0 Å². The Kier molecular flexibility index (Phi) is 3.91. The van der Waals surface area contributed by atoms with Gasteiger partial charge in [-0.25, -0.2) is 4.98 Å². The SMILES string of the molecule is CCN1CCCC1CN(C)c1ccc(N)c(N)n1. The first-order valence-electron chi connectivity index (χ1n) is 6.59. The van der Waals surface area contributed by atoms with Crippen molar-refractivity contribution in [2.24, 2.45) is 0 Å². The van der Waals surface area contributed by atoms with E-state index in [1.807, 2.05) is 12.1 Å². The van der Waals surface area contributed by atoms with Gasteiger partial charge < -0.3 is 16.4 Å². The number of aromatic nitrogens is 1. The third-order valence-electron chi connectivity index (χ3n) is 3.72. The molecule has 0 amide bonds. The van der Waals surface area contributed by atoms with Gasteiger partial charge in [-0.05, 0) is 38.1 Å². The van der Waals surface area contributed by atoms with E-state index in [4.69, 9.17) is 11.5 Å². The molecule has 5 heteroatoms. The molecule has 1 aromatic heterocycles. The summed E-state index contributed by atoms with van der Waals surface area (Å²) in [7, 11) is 2.06. The highest BCUT2D eigenvalue weighted by Gasteiger charge is 2.24.